The number of aliphatic hydroxyl groups is 1. The van der Waals surface area contributed by atoms with Gasteiger partial charge in [-0.3, -0.25) is 9.59 Å². The average molecular weight is 358 g/mol. The minimum absolute atomic E-state index is 0.00554. The van der Waals surface area contributed by atoms with E-state index in [-0.39, 0.29) is 23.3 Å². The molecule has 0 saturated heterocycles. The van der Waals surface area contributed by atoms with E-state index in [2.05, 4.69) is 13.0 Å². The van der Waals surface area contributed by atoms with Gasteiger partial charge in [0, 0.05) is 12.3 Å². The number of carbonyl (C=O) groups excluding carboxylic acids is 2. The van der Waals surface area contributed by atoms with E-state index in [1.165, 1.54) is 18.1 Å². The Bertz CT molecular complexity index is 718. The summed E-state index contributed by atoms with van der Waals surface area (Å²) in [5.41, 5.74) is 3.20. The summed E-state index contributed by atoms with van der Waals surface area (Å²) >= 11 is 0. The van der Waals surface area contributed by atoms with Crippen molar-refractivity contribution in [3.63, 3.8) is 0 Å². The molecule has 0 bridgehead atoms. The molecule has 4 nitrogen and oxygen atoms in total. The first-order valence-corrected chi connectivity index (χ1v) is 10.1. The van der Waals surface area contributed by atoms with Crippen molar-refractivity contribution in [2.45, 2.75) is 83.8 Å². The van der Waals surface area contributed by atoms with E-state index >= 15 is 0 Å². The van der Waals surface area contributed by atoms with Gasteiger partial charge in [-0.25, -0.2) is 0 Å². The Morgan fingerprint density at radius 3 is 2.58 bits per heavy atom. The lowest BCUT2D eigenvalue weighted by atomic mass is 9.54. The molecule has 0 radical (unpaired) electrons. The van der Waals surface area contributed by atoms with Crippen LogP contribution >= 0.6 is 0 Å². The first-order chi connectivity index (χ1) is 12.3. The Hall–Kier alpha value is -1.42. The molecule has 0 spiro atoms. The lowest BCUT2D eigenvalue weighted by Crippen LogP contribution is -2.55. The topological polar surface area (TPSA) is 63.6 Å². The zero-order valence-corrected chi connectivity index (χ0v) is 16.1. The fraction of sp³-hybridized carbons (Fsp3) is 0.727. The summed E-state index contributed by atoms with van der Waals surface area (Å²) in [6.07, 6.45) is 9.16. The van der Waals surface area contributed by atoms with E-state index < -0.39 is 5.60 Å². The van der Waals surface area contributed by atoms with Crippen LogP contribution in [0.15, 0.2) is 22.8 Å². The summed E-state index contributed by atoms with van der Waals surface area (Å²) in [7, 11) is 0. The molecular formula is C22H30O4. The molecule has 1 N–H and O–H groups in total. The molecule has 4 unspecified atom stereocenters. The molecule has 4 heteroatoms. The van der Waals surface area contributed by atoms with Gasteiger partial charge in [0.25, 0.3) is 0 Å². The van der Waals surface area contributed by atoms with Gasteiger partial charge in [-0.05, 0) is 81.3 Å². The molecule has 0 amide bonds. The molecule has 4 rings (SSSR count). The number of ether oxygens (including phenoxy) is 1. The van der Waals surface area contributed by atoms with Crippen molar-refractivity contribution in [1.29, 1.82) is 0 Å². The fourth-order valence-corrected chi connectivity index (χ4v) is 6.71. The summed E-state index contributed by atoms with van der Waals surface area (Å²) in [6, 6.07) is 0. The number of aliphatic hydroxyl groups excluding tert-OH is 1. The molecule has 0 aliphatic heterocycles. The number of Topliss-reactive ketones (excluding diaryl/α,β-unsaturated/α-hetero) is 1. The van der Waals surface area contributed by atoms with Crippen molar-refractivity contribution < 1.29 is 19.4 Å². The fourth-order valence-electron chi connectivity index (χ4n) is 6.71. The lowest BCUT2D eigenvalue weighted by Gasteiger charge is -2.52. The quantitative estimate of drug-likeness (QED) is 0.761. The van der Waals surface area contributed by atoms with E-state index in [9.17, 15) is 14.7 Å². The number of carbonyl (C=O) groups is 2. The maximum atomic E-state index is 12.7. The predicted molar refractivity (Wildman–Crippen MR) is 98.3 cm³/mol. The van der Waals surface area contributed by atoms with Gasteiger partial charge in [0.15, 0.2) is 11.4 Å². The zero-order chi connectivity index (χ0) is 18.7. The van der Waals surface area contributed by atoms with Gasteiger partial charge in [0.1, 0.15) is 0 Å². The number of esters is 1. The van der Waals surface area contributed by atoms with Crippen LogP contribution in [0.5, 0.6) is 0 Å². The first kappa shape index (κ1) is 18.0. The van der Waals surface area contributed by atoms with Crippen LogP contribution in [0.4, 0.5) is 0 Å². The minimum atomic E-state index is -0.946. The molecule has 26 heavy (non-hydrogen) atoms. The third-order valence-corrected chi connectivity index (χ3v) is 7.87. The first-order valence-electron chi connectivity index (χ1n) is 10.1. The number of ketones is 1. The number of hydrogen-bond donors (Lipinski definition) is 1. The standard InChI is InChI=1S/C22H30O4/c1-13(23)22(26-14(2)24)11-9-20-19-6-4-15-12-16(25)5-7-17(15)18(19)8-10-21(20,22)3/h12,16,19-20,25H,4-11H2,1-3H3/t16?,19?,20?,21?,22-/m0/s1. The van der Waals surface area contributed by atoms with Crippen LogP contribution in [-0.4, -0.2) is 28.6 Å². The Labute approximate surface area is 155 Å². The summed E-state index contributed by atoms with van der Waals surface area (Å²) in [5.74, 6) is 0.552. The van der Waals surface area contributed by atoms with Crippen LogP contribution in [-0.2, 0) is 14.3 Å². The van der Waals surface area contributed by atoms with Crippen molar-refractivity contribution in [3.8, 4) is 0 Å². The van der Waals surface area contributed by atoms with Gasteiger partial charge in [0.05, 0.1) is 6.10 Å². The second-order valence-corrected chi connectivity index (χ2v) is 8.99. The Balaban J connectivity index is 1.73. The monoisotopic (exact) mass is 358 g/mol. The minimum Gasteiger partial charge on any atom is -0.451 e. The highest BCUT2D eigenvalue weighted by molar-refractivity contribution is 5.89. The third-order valence-electron chi connectivity index (χ3n) is 7.87. The average Bonchev–Trinajstić information content (AvgIpc) is 2.87. The number of hydrogen-bond acceptors (Lipinski definition) is 4. The lowest BCUT2D eigenvalue weighted by molar-refractivity contribution is -0.181. The van der Waals surface area contributed by atoms with Crippen molar-refractivity contribution >= 4 is 11.8 Å². The van der Waals surface area contributed by atoms with Crippen molar-refractivity contribution in [2.75, 3.05) is 0 Å². The second kappa shape index (κ2) is 6.05. The molecule has 5 atom stereocenters. The SMILES string of the molecule is CC(=O)O[C@]1(C(C)=O)CCC2C3CCC4=CC(O)CCC4=C3CCC21C. The van der Waals surface area contributed by atoms with Gasteiger partial charge in [-0.2, -0.15) is 0 Å². The molecule has 0 aromatic rings. The molecule has 4 aliphatic carbocycles. The number of allylic oxidation sites excluding steroid dienone is 3. The second-order valence-electron chi connectivity index (χ2n) is 8.99. The van der Waals surface area contributed by atoms with E-state index in [1.807, 2.05) is 0 Å². The van der Waals surface area contributed by atoms with Crippen LogP contribution in [0.25, 0.3) is 0 Å². The molecule has 0 aromatic heterocycles. The molecule has 2 fully saturated rings. The van der Waals surface area contributed by atoms with Gasteiger partial charge in [-0.15, -0.1) is 0 Å². The van der Waals surface area contributed by atoms with Crippen LogP contribution in [0.1, 0.15) is 72.1 Å². The van der Waals surface area contributed by atoms with Crippen LogP contribution < -0.4 is 0 Å². The van der Waals surface area contributed by atoms with Crippen LogP contribution in [0, 0.1) is 17.3 Å². The Morgan fingerprint density at radius 2 is 1.88 bits per heavy atom. The highest BCUT2D eigenvalue weighted by Gasteiger charge is 2.65. The van der Waals surface area contributed by atoms with Gasteiger partial charge < -0.3 is 9.84 Å². The molecule has 2 saturated carbocycles. The molecule has 4 aliphatic rings. The largest absolute Gasteiger partial charge is 0.451 e. The Kier molecular flexibility index (Phi) is 4.18. The Morgan fingerprint density at radius 1 is 1.12 bits per heavy atom. The highest BCUT2D eigenvalue weighted by atomic mass is 16.6. The molecule has 0 heterocycles. The van der Waals surface area contributed by atoms with E-state index in [0.717, 1.165) is 44.9 Å². The molecular weight excluding hydrogens is 328 g/mol. The van der Waals surface area contributed by atoms with E-state index in [4.69, 9.17) is 4.74 Å². The molecule has 142 valence electrons. The van der Waals surface area contributed by atoms with Crippen molar-refractivity contribution in [1.82, 2.24) is 0 Å². The summed E-state index contributed by atoms with van der Waals surface area (Å²) in [5, 5.41) is 9.96. The summed E-state index contributed by atoms with van der Waals surface area (Å²) < 4.78 is 5.78. The van der Waals surface area contributed by atoms with Gasteiger partial charge >= 0.3 is 5.97 Å². The van der Waals surface area contributed by atoms with Crippen molar-refractivity contribution in [3.05, 3.63) is 22.8 Å². The van der Waals surface area contributed by atoms with Crippen LogP contribution in [0.2, 0.25) is 0 Å². The highest BCUT2D eigenvalue weighted by Crippen LogP contribution is 2.64. The smallest absolute Gasteiger partial charge is 0.303 e. The van der Waals surface area contributed by atoms with E-state index in [1.54, 1.807) is 12.5 Å². The summed E-state index contributed by atoms with van der Waals surface area (Å²) in [4.78, 5) is 24.5. The van der Waals surface area contributed by atoms with Gasteiger partial charge in [0.2, 0.25) is 0 Å². The van der Waals surface area contributed by atoms with Gasteiger partial charge in [-0.1, -0.05) is 18.6 Å². The zero-order valence-electron chi connectivity index (χ0n) is 16.1. The predicted octanol–water partition coefficient (Wildman–Crippen LogP) is 3.88. The van der Waals surface area contributed by atoms with Crippen molar-refractivity contribution in [2.24, 2.45) is 17.3 Å². The maximum absolute atomic E-state index is 12.7. The van der Waals surface area contributed by atoms with Crippen LogP contribution in [0.3, 0.4) is 0 Å². The molecule has 0 aromatic carbocycles. The third kappa shape index (κ3) is 2.37. The number of fused-ring (bicyclic) bond motifs is 4. The maximum Gasteiger partial charge on any atom is 0.303 e. The number of rotatable bonds is 2. The van der Waals surface area contributed by atoms with E-state index in [0.29, 0.717) is 18.3 Å². The summed E-state index contributed by atoms with van der Waals surface area (Å²) in [6.45, 7) is 5.20. The normalized spacial score (nSPS) is 41.7.